The molecular weight excluding hydrogens is 308 g/mol. The van der Waals surface area contributed by atoms with Gasteiger partial charge in [-0.15, -0.1) is 0 Å². The summed E-state index contributed by atoms with van der Waals surface area (Å²) >= 11 is 0. The highest BCUT2D eigenvalue weighted by Gasteiger charge is 2.35. The van der Waals surface area contributed by atoms with Crippen LogP contribution in [0.15, 0.2) is 28.8 Å². The number of benzene rings is 1. The minimum Gasteiger partial charge on any atom is -0.481 e. The van der Waals surface area contributed by atoms with E-state index < -0.39 is 11.9 Å². The smallest absolute Gasteiger partial charge is 0.312 e. The highest BCUT2D eigenvalue weighted by molar-refractivity contribution is 5.97. The van der Waals surface area contributed by atoms with Crippen LogP contribution in [0.2, 0.25) is 0 Å². The molecule has 2 aromatic rings. The van der Waals surface area contributed by atoms with Crippen molar-refractivity contribution in [2.24, 2.45) is 0 Å². The van der Waals surface area contributed by atoms with Gasteiger partial charge in [0, 0.05) is 19.0 Å². The first-order valence-corrected chi connectivity index (χ1v) is 7.96. The molecule has 3 rings (SSSR count). The zero-order chi connectivity index (χ0) is 17.4. The third-order valence-corrected chi connectivity index (χ3v) is 4.41. The van der Waals surface area contributed by atoms with E-state index >= 15 is 0 Å². The maximum atomic E-state index is 13.0. The van der Waals surface area contributed by atoms with Crippen molar-refractivity contribution in [3.05, 3.63) is 52.4 Å². The maximum absolute atomic E-state index is 13.0. The van der Waals surface area contributed by atoms with Crippen molar-refractivity contribution < 1.29 is 19.2 Å². The van der Waals surface area contributed by atoms with Crippen molar-refractivity contribution in [2.75, 3.05) is 6.54 Å². The highest BCUT2D eigenvalue weighted by Crippen LogP contribution is 2.31. The Bertz CT molecular complexity index is 794. The summed E-state index contributed by atoms with van der Waals surface area (Å²) in [5, 5.41) is 13.5. The summed E-state index contributed by atoms with van der Waals surface area (Å²) in [4.78, 5) is 26.2. The summed E-state index contributed by atoms with van der Waals surface area (Å²) in [6.07, 6.45) is 0. The van der Waals surface area contributed by atoms with Gasteiger partial charge in [0.15, 0.2) is 5.76 Å². The lowest BCUT2D eigenvalue weighted by atomic mass is 9.89. The molecule has 24 heavy (non-hydrogen) atoms. The fourth-order valence-electron chi connectivity index (χ4n) is 3.17. The van der Waals surface area contributed by atoms with Crippen LogP contribution < -0.4 is 0 Å². The summed E-state index contributed by atoms with van der Waals surface area (Å²) in [7, 11) is 0. The van der Waals surface area contributed by atoms with E-state index in [1.54, 1.807) is 11.8 Å². The van der Waals surface area contributed by atoms with Crippen molar-refractivity contribution in [1.82, 2.24) is 10.1 Å². The Labute approximate surface area is 140 Å². The lowest BCUT2D eigenvalue weighted by Gasteiger charge is -2.32. The van der Waals surface area contributed by atoms with Crippen LogP contribution in [0.4, 0.5) is 0 Å². The molecule has 1 aliphatic heterocycles. The predicted octanol–water partition coefficient (Wildman–Crippen LogP) is 2.93. The molecule has 126 valence electrons. The molecule has 0 saturated heterocycles. The molecule has 0 saturated carbocycles. The number of carboxylic acids is 1. The Morgan fingerprint density at radius 2 is 2.04 bits per heavy atom. The fourth-order valence-corrected chi connectivity index (χ4v) is 3.17. The summed E-state index contributed by atoms with van der Waals surface area (Å²) in [5.74, 6) is -1.30. The number of aliphatic carboxylic acids is 1. The number of hydrogen-bond acceptors (Lipinski definition) is 4. The Kier molecular flexibility index (Phi) is 4.13. The predicted molar refractivity (Wildman–Crippen MR) is 86.9 cm³/mol. The van der Waals surface area contributed by atoms with E-state index in [1.165, 1.54) is 0 Å². The molecule has 1 unspecified atom stereocenters. The Hall–Kier alpha value is -2.63. The van der Waals surface area contributed by atoms with Gasteiger partial charge >= 0.3 is 5.97 Å². The number of rotatable bonds is 3. The van der Waals surface area contributed by atoms with Crippen molar-refractivity contribution >= 4 is 11.9 Å². The fraction of sp³-hybridized carbons (Fsp3) is 0.389. The summed E-state index contributed by atoms with van der Waals surface area (Å²) in [6.45, 7) is 6.13. The molecule has 6 heteroatoms. The van der Waals surface area contributed by atoms with E-state index in [2.05, 4.69) is 5.16 Å². The topological polar surface area (TPSA) is 83.6 Å². The molecule has 1 amide bonds. The largest absolute Gasteiger partial charge is 0.481 e. The van der Waals surface area contributed by atoms with Crippen LogP contribution in [0.3, 0.4) is 0 Å². The molecule has 0 fully saturated rings. The van der Waals surface area contributed by atoms with Crippen LogP contribution >= 0.6 is 0 Å². The molecule has 1 atom stereocenters. The van der Waals surface area contributed by atoms with Gasteiger partial charge in [-0.05, 0) is 18.1 Å². The monoisotopic (exact) mass is 328 g/mol. The van der Waals surface area contributed by atoms with E-state index in [0.717, 1.165) is 11.1 Å². The quantitative estimate of drug-likeness (QED) is 0.936. The highest BCUT2D eigenvalue weighted by atomic mass is 16.5. The number of aromatic nitrogens is 1. The maximum Gasteiger partial charge on any atom is 0.312 e. The first-order valence-electron chi connectivity index (χ1n) is 7.96. The van der Waals surface area contributed by atoms with Crippen molar-refractivity contribution in [2.45, 2.75) is 39.2 Å². The zero-order valence-electron chi connectivity index (χ0n) is 13.9. The Balaban J connectivity index is 1.98. The summed E-state index contributed by atoms with van der Waals surface area (Å²) in [6, 6.07) is 7.37. The lowest BCUT2D eigenvalue weighted by molar-refractivity contribution is -0.139. The number of hydrogen-bond donors (Lipinski definition) is 1. The average molecular weight is 328 g/mol. The van der Waals surface area contributed by atoms with Gasteiger partial charge in [0.05, 0.1) is 11.6 Å². The average Bonchev–Trinajstić information content (AvgIpc) is 2.94. The molecule has 2 heterocycles. The molecular formula is C18H20N2O4. The van der Waals surface area contributed by atoms with Gasteiger partial charge in [0.25, 0.3) is 5.91 Å². The summed E-state index contributed by atoms with van der Waals surface area (Å²) < 4.78 is 5.30. The number of carbonyl (C=O) groups excluding carboxylic acids is 1. The molecule has 6 nitrogen and oxygen atoms in total. The van der Waals surface area contributed by atoms with Crippen LogP contribution in [0.1, 0.15) is 58.6 Å². The Morgan fingerprint density at radius 1 is 1.33 bits per heavy atom. The van der Waals surface area contributed by atoms with Gasteiger partial charge in [-0.25, -0.2) is 0 Å². The van der Waals surface area contributed by atoms with Crippen molar-refractivity contribution in [3.63, 3.8) is 0 Å². The molecule has 0 aliphatic carbocycles. The number of fused-ring (bicyclic) bond motifs is 1. The molecule has 1 aromatic heterocycles. The van der Waals surface area contributed by atoms with E-state index in [-0.39, 0.29) is 18.4 Å². The SMILES string of the molecule is Cc1noc(C(C)C)c1C(=O)N1Cc2ccccc2C(C(=O)O)C1. The van der Waals surface area contributed by atoms with Gasteiger partial charge < -0.3 is 14.5 Å². The molecule has 0 radical (unpaired) electrons. The van der Waals surface area contributed by atoms with E-state index in [0.29, 0.717) is 23.6 Å². The van der Waals surface area contributed by atoms with Gasteiger partial charge in [0.2, 0.25) is 0 Å². The first kappa shape index (κ1) is 16.2. The Morgan fingerprint density at radius 3 is 2.71 bits per heavy atom. The standard InChI is InChI=1S/C18H20N2O4/c1-10(2)16-15(11(3)19-24-16)17(21)20-8-12-6-4-5-7-13(12)14(9-20)18(22)23/h4-7,10,14H,8-9H2,1-3H3,(H,22,23). The normalized spacial score (nSPS) is 17.0. The lowest BCUT2D eigenvalue weighted by Crippen LogP contribution is -2.41. The second-order valence-corrected chi connectivity index (χ2v) is 6.44. The van der Waals surface area contributed by atoms with Gasteiger partial charge in [-0.3, -0.25) is 9.59 Å². The second kappa shape index (κ2) is 6.11. The molecule has 1 aliphatic rings. The van der Waals surface area contributed by atoms with Crippen LogP contribution in [-0.4, -0.2) is 33.6 Å². The van der Waals surface area contributed by atoms with Crippen LogP contribution in [0.5, 0.6) is 0 Å². The van der Waals surface area contributed by atoms with Crippen molar-refractivity contribution in [1.29, 1.82) is 0 Å². The van der Waals surface area contributed by atoms with Gasteiger partial charge in [-0.1, -0.05) is 43.3 Å². The van der Waals surface area contributed by atoms with Crippen LogP contribution in [0, 0.1) is 6.92 Å². The molecule has 1 aromatic carbocycles. The number of carbonyl (C=O) groups is 2. The summed E-state index contributed by atoms with van der Waals surface area (Å²) in [5.41, 5.74) is 2.63. The van der Waals surface area contributed by atoms with E-state index in [1.807, 2.05) is 38.1 Å². The third kappa shape index (κ3) is 2.68. The van der Waals surface area contributed by atoms with E-state index in [4.69, 9.17) is 4.52 Å². The minimum atomic E-state index is -0.925. The van der Waals surface area contributed by atoms with Crippen molar-refractivity contribution in [3.8, 4) is 0 Å². The number of amides is 1. The van der Waals surface area contributed by atoms with E-state index in [9.17, 15) is 14.7 Å². The van der Waals surface area contributed by atoms with Crippen LogP contribution in [0.25, 0.3) is 0 Å². The second-order valence-electron chi connectivity index (χ2n) is 6.44. The zero-order valence-corrected chi connectivity index (χ0v) is 13.9. The molecule has 1 N–H and O–H groups in total. The molecule has 0 spiro atoms. The van der Waals surface area contributed by atoms with Gasteiger partial charge in [0.1, 0.15) is 5.56 Å². The third-order valence-electron chi connectivity index (χ3n) is 4.41. The van der Waals surface area contributed by atoms with Gasteiger partial charge in [-0.2, -0.15) is 0 Å². The number of nitrogens with zero attached hydrogens (tertiary/aromatic N) is 2. The van der Waals surface area contributed by atoms with Crippen LogP contribution in [-0.2, 0) is 11.3 Å². The molecule has 0 bridgehead atoms. The minimum absolute atomic E-state index is 0.0255. The first-order chi connectivity index (χ1) is 11.4. The number of aryl methyl sites for hydroxylation is 1. The number of carboxylic acid groups (broad SMARTS) is 1.